The van der Waals surface area contributed by atoms with Gasteiger partial charge in [0.15, 0.2) is 0 Å². The number of H-pyrrole nitrogens is 2. The van der Waals surface area contributed by atoms with Gasteiger partial charge in [-0.25, -0.2) is 0 Å². The van der Waals surface area contributed by atoms with E-state index < -0.39 is 20.5 Å². The Morgan fingerprint density at radius 1 is 0.714 bits per heavy atom. The zero-order chi connectivity index (χ0) is 15.9. The van der Waals surface area contributed by atoms with Crippen LogP contribution >= 0.6 is 0 Å². The van der Waals surface area contributed by atoms with Gasteiger partial charge in [0.2, 0.25) is 0 Å². The number of rotatable bonds is 4. The third kappa shape index (κ3) is 2.60. The Balaban J connectivity index is 2.82. The van der Waals surface area contributed by atoms with Gasteiger partial charge in [-0.1, -0.05) is 0 Å². The van der Waals surface area contributed by atoms with Gasteiger partial charge in [0.25, 0.3) is 0 Å². The van der Waals surface area contributed by atoms with Crippen molar-refractivity contribution in [3.63, 3.8) is 0 Å². The van der Waals surface area contributed by atoms with Crippen LogP contribution in [-0.2, 0) is 20.5 Å². The Bertz CT molecular complexity index is 580. The summed E-state index contributed by atoms with van der Waals surface area (Å²) in [5, 5.41) is 0. The number of nitrogens with zero attached hydrogens (tertiary/aromatic N) is 2. The third-order valence-corrected chi connectivity index (χ3v) is 22.8. The maximum absolute atomic E-state index is 3.51. The molecule has 116 valence electrons. The molecular formula is C16H28HfN4. The molecule has 5 heteroatoms. The first-order chi connectivity index (χ1) is 9.71. The van der Waals surface area contributed by atoms with Gasteiger partial charge in [-0.05, 0) is 0 Å². The van der Waals surface area contributed by atoms with E-state index in [1.54, 1.807) is 0 Å². The van der Waals surface area contributed by atoms with Crippen LogP contribution in [0, 0.1) is 27.7 Å². The van der Waals surface area contributed by atoms with E-state index in [1.165, 1.54) is 29.4 Å². The first kappa shape index (κ1) is 16.7. The topological polar surface area (TPSA) is 38.1 Å². The van der Waals surface area contributed by atoms with Gasteiger partial charge in [0, 0.05) is 0 Å². The molecule has 0 atom stereocenters. The predicted octanol–water partition coefficient (Wildman–Crippen LogP) is 1.63. The molecular weight excluding hydrogens is 427 g/mol. The fourth-order valence-corrected chi connectivity index (χ4v) is 21.7. The standard InChI is InChI=1S/2C6H8N.2C2H6N.Hf/c2*1-5-3-4-6(2)7-5;2*1-3-2;/h2*3,7H,1-2H3;2*1-2H3;/q;;2*-1;+2. The van der Waals surface area contributed by atoms with Crippen LogP contribution in [0.15, 0.2) is 12.1 Å². The molecule has 21 heavy (non-hydrogen) atoms. The zero-order valence-corrected chi connectivity index (χ0v) is 18.1. The summed E-state index contributed by atoms with van der Waals surface area (Å²) in [6.45, 7) is 8.71. The van der Waals surface area contributed by atoms with Crippen LogP contribution in [0.1, 0.15) is 22.8 Å². The first-order valence-electron chi connectivity index (χ1n) is 7.39. The van der Waals surface area contributed by atoms with Gasteiger partial charge in [-0.15, -0.1) is 0 Å². The summed E-state index contributed by atoms with van der Waals surface area (Å²) >= 11 is -3.26. The van der Waals surface area contributed by atoms with E-state index in [2.05, 4.69) is 83.8 Å². The van der Waals surface area contributed by atoms with Gasteiger partial charge < -0.3 is 0 Å². The van der Waals surface area contributed by atoms with Crippen LogP contribution in [0.5, 0.6) is 0 Å². The first-order valence-corrected chi connectivity index (χ1v) is 14.2. The van der Waals surface area contributed by atoms with E-state index in [0.29, 0.717) is 0 Å². The molecule has 0 aliphatic rings. The number of hydrogen-bond acceptors (Lipinski definition) is 2. The number of aromatic amines is 2. The maximum atomic E-state index is 3.51. The predicted molar refractivity (Wildman–Crippen MR) is 87.2 cm³/mol. The number of aryl methyl sites for hydroxylation is 4. The SMILES string of the molecule is Cc1c[c]([Hf]([c]2cc(C)[nH]c2C)([N](C)C)[N](C)C)c(C)[nH]1. The van der Waals surface area contributed by atoms with Crippen molar-refractivity contribution in [1.82, 2.24) is 15.7 Å². The summed E-state index contributed by atoms with van der Waals surface area (Å²) in [5.74, 6) is 0. The van der Waals surface area contributed by atoms with Gasteiger partial charge in [-0.2, -0.15) is 0 Å². The van der Waals surface area contributed by atoms with Crippen LogP contribution in [0.25, 0.3) is 0 Å². The molecule has 0 saturated carbocycles. The van der Waals surface area contributed by atoms with E-state index in [9.17, 15) is 0 Å². The number of aromatic nitrogens is 2. The molecule has 0 fully saturated rings. The van der Waals surface area contributed by atoms with Crippen molar-refractivity contribution in [2.24, 2.45) is 0 Å². The molecule has 0 amide bonds. The second-order valence-corrected chi connectivity index (χ2v) is 21.6. The quantitative estimate of drug-likeness (QED) is 0.689. The minimum atomic E-state index is -3.26. The Hall–Kier alpha value is -0.650. The second kappa shape index (κ2) is 5.86. The van der Waals surface area contributed by atoms with Crippen LogP contribution < -0.4 is 6.64 Å². The Kier molecular flexibility index (Phi) is 4.66. The van der Waals surface area contributed by atoms with Crippen LogP contribution in [0.4, 0.5) is 0 Å². The fourth-order valence-electron chi connectivity index (χ4n) is 3.68. The van der Waals surface area contributed by atoms with Crippen LogP contribution in [-0.4, -0.2) is 43.9 Å². The average Bonchev–Trinajstić information content (AvgIpc) is 2.83. The van der Waals surface area contributed by atoms with Gasteiger partial charge in [-0.3, -0.25) is 0 Å². The van der Waals surface area contributed by atoms with Crippen molar-refractivity contribution in [2.75, 3.05) is 28.2 Å². The molecule has 0 spiro atoms. The molecule has 2 aromatic heterocycles. The Morgan fingerprint density at radius 2 is 1.05 bits per heavy atom. The van der Waals surface area contributed by atoms with E-state index in [1.807, 2.05) is 0 Å². The van der Waals surface area contributed by atoms with E-state index in [4.69, 9.17) is 0 Å². The summed E-state index contributed by atoms with van der Waals surface area (Å²) < 4.78 is 8.07. The molecule has 0 bridgehead atoms. The molecule has 4 nitrogen and oxygen atoms in total. The summed E-state index contributed by atoms with van der Waals surface area (Å²) in [6, 6.07) is 4.72. The summed E-state index contributed by atoms with van der Waals surface area (Å²) in [7, 11) is 8.96. The molecule has 0 aliphatic carbocycles. The Labute approximate surface area is 133 Å². The van der Waals surface area contributed by atoms with Gasteiger partial charge in [0.1, 0.15) is 0 Å². The van der Waals surface area contributed by atoms with E-state index in [-0.39, 0.29) is 0 Å². The zero-order valence-electron chi connectivity index (χ0n) is 14.5. The molecule has 0 unspecified atom stereocenters. The Morgan fingerprint density at radius 3 is 1.24 bits per heavy atom. The molecule has 2 N–H and O–H groups in total. The average molecular weight is 455 g/mol. The summed E-state index contributed by atoms with van der Waals surface area (Å²) in [6.07, 6.45) is 0. The summed E-state index contributed by atoms with van der Waals surface area (Å²) in [5.41, 5.74) is 5.13. The third-order valence-electron chi connectivity index (χ3n) is 4.34. The molecule has 0 radical (unpaired) electrons. The van der Waals surface area contributed by atoms with Crippen molar-refractivity contribution in [1.29, 1.82) is 0 Å². The molecule has 2 heterocycles. The van der Waals surface area contributed by atoms with Gasteiger partial charge in [0.05, 0.1) is 0 Å². The summed E-state index contributed by atoms with van der Waals surface area (Å²) in [4.78, 5) is 7.02. The van der Waals surface area contributed by atoms with E-state index in [0.717, 1.165) is 0 Å². The monoisotopic (exact) mass is 456 g/mol. The molecule has 2 aromatic rings. The molecule has 0 aliphatic heterocycles. The van der Waals surface area contributed by atoms with Crippen molar-refractivity contribution < 1.29 is 20.5 Å². The minimum absolute atomic E-state index is 1.25. The van der Waals surface area contributed by atoms with Crippen molar-refractivity contribution in [2.45, 2.75) is 27.7 Å². The van der Waals surface area contributed by atoms with Gasteiger partial charge >= 0.3 is 134 Å². The van der Waals surface area contributed by atoms with Crippen molar-refractivity contribution in [3.05, 3.63) is 34.9 Å². The molecule has 0 saturated heterocycles. The normalized spacial score (nSPS) is 12.7. The van der Waals surface area contributed by atoms with E-state index >= 15 is 0 Å². The number of hydrogen-bond donors (Lipinski definition) is 2. The molecule has 2 rings (SSSR count). The fraction of sp³-hybridized carbons (Fsp3) is 0.500. The number of nitrogens with one attached hydrogen (secondary N) is 2. The molecule has 0 aromatic carbocycles. The van der Waals surface area contributed by atoms with Crippen LogP contribution in [0.3, 0.4) is 0 Å². The van der Waals surface area contributed by atoms with Crippen LogP contribution in [0.2, 0.25) is 0 Å². The van der Waals surface area contributed by atoms with Crippen molar-refractivity contribution >= 4 is 6.64 Å². The second-order valence-electron chi connectivity index (χ2n) is 6.44. The van der Waals surface area contributed by atoms with Crippen molar-refractivity contribution in [3.8, 4) is 0 Å².